The van der Waals surface area contributed by atoms with Gasteiger partial charge >= 0.3 is 0 Å². The van der Waals surface area contributed by atoms with Gasteiger partial charge in [0, 0.05) is 63.5 Å². The third-order valence-corrected chi connectivity index (χ3v) is 12.0. The second-order valence-corrected chi connectivity index (χ2v) is 15.6. The van der Waals surface area contributed by atoms with E-state index < -0.39 is 6.10 Å². The largest absolute Gasteiger partial charge is 0.493 e. The van der Waals surface area contributed by atoms with Gasteiger partial charge in [-0.3, -0.25) is 14.7 Å². The number of piperazine rings is 1. The molecule has 9 rings (SSSR count). The minimum atomic E-state index is -0.787. The molecule has 4 aromatic carbocycles. The standard InChI is InChI=1S/C45H53N5O7/c1-47-14-12-31-23-39(53-4)41-25-35(31)36(47)20-29-6-9-34(10-7-29)56-40-22-30(8-11-38(40)52-3)21-37-43-32(13-15-48(37)2)24-42(54-5)44(45(43)57-41)55-27-33(51)26-49-16-18-50(28-46)19-17-49/h6-11,22-25,33,36-37,51H,12-21,26-27H2,1-5H3. The van der Waals surface area contributed by atoms with Crippen molar-refractivity contribution < 1.29 is 33.5 Å². The molecule has 1 N–H and O–H groups in total. The molecular weight excluding hydrogens is 723 g/mol. The van der Waals surface area contributed by atoms with Gasteiger partial charge in [-0.2, -0.15) is 5.26 Å². The maximum Gasteiger partial charge on any atom is 0.204 e. The van der Waals surface area contributed by atoms with Crippen molar-refractivity contribution in [2.75, 3.05) is 87.8 Å². The third-order valence-electron chi connectivity index (χ3n) is 12.0. The molecule has 0 aliphatic carbocycles. The van der Waals surface area contributed by atoms with Gasteiger partial charge in [0.25, 0.3) is 0 Å². The van der Waals surface area contributed by atoms with E-state index in [1.165, 1.54) is 16.7 Å². The Labute approximate surface area is 335 Å². The molecule has 5 aliphatic rings. The molecule has 3 unspecified atom stereocenters. The highest BCUT2D eigenvalue weighted by molar-refractivity contribution is 5.64. The Morgan fingerprint density at radius 1 is 0.737 bits per heavy atom. The van der Waals surface area contributed by atoms with E-state index in [9.17, 15) is 10.4 Å². The predicted molar refractivity (Wildman–Crippen MR) is 216 cm³/mol. The van der Waals surface area contributed by atoms with Crippen LogP contribution in [0.15, 0.2) is 60.7 Å². The van der Waals surface area contributed by atoms with E-state index in [0.717, 1.165) is 54.8 Å². The lowest BCUT2D eigenvalue weighted by Crippen LogP contribution is -2.47. The van der Waals surface area contributed by atoms with Crippen molar-refractivity contribution in [2.45, 2.75) is 43.9 Å². The molecule has 57 heavy (non-hydrogen) atoms. The number of fused-ring (bicyclic) bond motifs is 2. The van der Waals surface area contributed by atoms with Crippen molar-refractivity contribution >= 4 is 0 Å². The monoisotopic (exact) mass is 775 g/mol. The maximum atomic E-state index is 11.3. The highest BCUT2D eigenvalue weighted by Gasteiger charge is 2.35. The molecule has 5 heterocycles. The molecule has 1 saturated heterocycles. The molecule has 0 saturated carbocycles. The Kier molecular flexibility index (Phi) is 11.3. The first-order valence-corrected chi connectivity index (χ1v) is 19.9. The van der Waals surface area contributed by atoms with Gasteiger partial charge in [0.1, 0.15) is 18.5 Å². The molecule has 5 aliphatic heterocycles. The van der Waals surface area contributed by atoms with Crippen molar-refractivity contribution in [1.29, 1.82) is 5.26 Å². The van der Waals surface area contributed by atoms with Crippen molar-refractivity contribution in [3.8, 4) is 52.2 Å². The van der Waals surface area contributed by atoms with Crippen LogP contribution in [-0.2, 0) is 25.7 Å². The van der Waals surface area contributed by atoms with Crippen molar-refractivity contribution in [2.24, 2.45) is 0 Å². The van der Waals surface area contributed by atoms with Crippen LogP contribution >= 0.6 is 0 Å². The second-order valence-electron chi connectivity index (χ2n) is 15.6. The van der Waals surface area contributed by atoms with Crippen LogP contribution in [0.25, 0.3) is 0 Å². The molecule has 300 valence electrons. The van der Waals surface area contributed by atoms with Gasteiger partial charge in [0.15, 0.2) is 40.7 Å². The molecule has 0 spiro atoms. The Bertz CT molecular complexity index is 2110. The minimum Gasteiger partial charge on any atom is -0.493 e. The van der Waals surface area contributed by atoms with Crippen LogP contribution in [0.4, 0.5) is 0 Å². The molecule has 12 heteroatoms. The summed E-state index contributed by atoms with van der Waals surface area (Å²) in [7, 11) is 9.32. The zero-order chi connectivity index (χ0) is 39.6. The van der Waals surface area contributed by atoms with E-state index in [1.54, 1.807) is 26.2 Å². The summed E-state index contributed by atoms with van der Waals surface area (Å²) in [6.07, 6.45) is 4.57. The summed E-state index contributed by atoms with van der Waals surface area (Å²) >= 11 is 0. The van der Waals surface area contributed by atoms with Crippen LogP contribution in [0.2, 0.25) is 0 Å². The van der Waals surface area contributed by atoms with Gasteiger partial charge in [0.2, 0.25) is 5.75 Å². The minimum absolute atomic E-state index is 0.0241. The lowest BCUT2D eigenvalue weighted by Gasteiger charge is -2.37. The fourth-order valence-electron chi connectivity index (χ4n) is 8.78. The maximum absolute atomic E-state index is 11.3. The van der Waals surface area contributed by atoms with E-state index in [1.807, 2.05) is 18.2 Å². The van der Waals surface area contributed by atoms with E-state index in [-0.39, 0.29) is 18.7 Å². The van der Waals surface area contributed by atoms with Crippen LogP contribution in [0.3, 0.4) is 0 Å². The first-order valence-electron chi connectivity index (χ1n) is 19.9. The van der Waals surface area contributed by atoms with Gasteiger partial charge in [-0.05, 0) is 110 Å². The number of ether oxygens (including phenoxy) is 6. The van der Waals surface area contributed by atoms with Crippen LogP contribution in [0.5, 0.6) is 46.0 Å². The van der Waals surface area contributed by atoms with Crippen molar-refractivity contribution in [3.05, 3.63) is 94.0 Å². The van der Waals surface area contributed by atoms with Gasteiger partial charge < -0.3 is 38.4 Å². The summed E-state index contributed by atoms with van der Waals surface area (Å²) < 4.78 is 38.3. The number of β-amino-alcohol motifs (C(OH)–C–C–N with tert-alkyl or cyclic N) is 1. The van der Waals surface area contributed by atoms with E-state index in [4.69, 9.17) is 28.4 Å². The summed E-state index contributed by atoms with van der Waals surface area (Å²) in [4.78, 5) is 8.68. The van der Waals surface area contributed by atoms with Crippen molar-refractivity contribution in [3.63, 3.8) is 0 Å². The Balaban J connectivity index is 1.26. The molecule has 1 fully saturated rings. The average molecular weight is 776 g/mol. The number of aliphatic hydroxyl groups excluding tert-OH is 1. The van der Waals surface area contributed by atoms with E-state index in [2.05, 4.69) is 77.5 Å². The first kappa shape index (κ1) is 38.7. The van der Waals surface area contributed by atoms with Crippen LogP contribution in [0.1, 0.15) is 45.5 Å². The highest BCUT2D eigenvalue weighted by Crippen LogP contribution is 2.52. The average Bonchev–Trinajstić information content (AvgIpc) is 3.22. The molecule has 0 aromatic heterocycles. The summed E-state index contributed by atoms with van der Waals surface area (Å²) in [5.41, 5.74) is 6.82. The summed E-state index contributed by atoms with van der Waals surface area (Å²) in [5, 5.41) is 20.6. The second kappa shape index (κ2) is 16.7. The zero-order valence-corrected chi connectivity index (χ0v) is 33.6. The summed E-state index contributed by atoms with van der Waals surface area (Å²) in [6.45, 7) is 4.89. The van der Waals surface area contributed by atoms with Crippen LogP contribution < -0.4 is 28.4 Å². The number of nitrogens with zero attached hydrogens (tertiary/aromatic N) is 5. The number of hydrogen-bond acceptors (Lipinski definition) is 12. The smallest absolute Gasteiger partial charge is 0.204 e. The number of aliphatic hydroxyl groups is 1. The Morgan fingerprint density at radius 2 is 1.39 bits per heavy atom. The third kappa shape index (κ3) is 8.03. The SMILES string of the molecule is COc1ccc2cc1Oc1ccc(cc1)CC1c3cc(c(OC)cc3CCN1C)Oc1c(OCC(O)CN3CCN(C#N)CC3)c(OC)cc3c1C(C2)N(C)CC3. The zero-order valence-electron chi connectivity index (χ0n) is 33.6. The fraction of sp³-hybridized carbons (Fsp3) is 0.444. The summed E-state index contributed by atoms with van der Waals surface area (Å²) in [5.74, 6) is 4.83. The molecule has 3 atom stereocenters. The molecule has 12 nitrogen and oxygen atoms in total. The quantitative estimate of drug-likeness (QED) is 0.212. The molecule has 4 aromatic rings. The number of methoxy groups -OCH3 is 3. The molecule has 0 amide bonds. The number of hydrogen-bond donors (Lipinski definition) is 1. The van der Waals surface area contributed by atoms with Gasteiger partial charge in [-0.15, -0.1) is 0 Å². The lowest BCUT2D eigenvalue weighted by molar-refractivity contribution is 0.0526. The predicted octanol–water partition coefficient (Wildman–Crippen LogP) is 5.99. The highest BCUT2D eigenvalue weighted by atomic mass is 16.6. The number of benzene rings is 4. The fourth-order valence-corrected chi connectivity index (χ4v) is 8.78. The van der Waals surface area contributed by atoms with E-state index in [0.29, 0.717) is 79.4 Å². The topological polar surface area (TPSA) is 112 Å². The van der Waals surface area contributed by atoms with Crippen molar-refractivity contribution in [1.82, 2.24) is 19.6 Å². The Hall–Kier alpha value is -5.19. The van der Waals surface area contributed by atoms with Crippen LogP contribution in [-0.4, -0.2) is 119 Å². The number of rotatable bonds is 8. The molecule has 0 radical (unpaired) electrons. The normalized spacial score (nSPS) is 20.2. The van der Waals surface area contributed by atoms with Gasteiger partial charge in [-0.1, -0.05) is 18.2 Å². The van der Waals surface area contributed by atoms with Gasteiger partial charge in [0.05, 0.1) is 21.3 Å². The summed E-state index contributed by atoms with van der Waals surface area (Å²) in [6, 6.07) is 20.8. The molecule has 6 bridgehead atoms. The number of nitriles is 1. The van der Waals surface area contributed by atoms with Crippen LogP contribution in [0, 0.1) is 11.5 Å². The lowest BCUT2D eigenvalue weighted by atomic mass is 9.87. The van der Waals surface area contributed by atoms with E-state index >= 15 is 0 Å². The Morgan fingerprint density at radius 3 is 2.11 bits per heavy atom. The molecular formula is C45H53N5O7. The van der Waals surface area contributed by atoms with Gasteiger partial charge in [-0.25, -0.2) is 0 Å². The number of likely N-dealkylation sites (N-methyl/N-ethyl adjacent to an activating group) is 2. The first-order chi connectivity index (χ1) is 27.7.